The van der Waals surface area contributed by atoms with Crippen LogP contribution in [0.5, 0.6) is 5.75 Å². The number of hydrogen-bond acceptors (Lipinski definition) is 5. The maximum absolute atomic E-state index is 13.6. The first-order chi connectivity index (χ1) is 19.6. The maximum atomic E-state index is 13.6. The second-order valence-electron chi connectivity index (χ2n) is 12.5. The molecular weight excluding hydrogens is 561 g/mol. The Balaban J connectivity index is 1.66. The molecule has 1 aliphatic heterocycles. The first-order valence-corrected chi connectivity index (χ1v) is 14.8. The summed E-state index contributed by atoms with van der Waals surface area (Å²) < 4.78 is 42.7. The number of para-hydroxylation sites is 1. The standard InChI is InChI=1S/C33H35F3N2O3S/c1-20-10-7-8-13-25(20)37(6)26-18-23-24(32(4,5)15-14-31(23,2)3)19-27(26)38-28(29(39)42-30(38)40)17-21-11-9-12-22(16-21)41-33(34,35)36/h7-13,16,18-19,28H,14-15,17H2,1-6H3. The van der Waals surface area contributed by atoms with E-state index < -0.39 is 17.6 Å². The molecule has 5 nitrogen and oxygen atoms in total. The molecule has 0 spiro atoms. The number of carbonyl (C=O) groups is 2. The zero-order valence-corrected chi connectivity index (χ0v) is 25.4. The monoisotopic (exact) mass is 596 g/mol. The first-order valence-electron chi connectivity index (χ1n) is 14.0. The number of halogens is 3. The number of rotatable bonds is 6. The number of benzene rings is 3. The van der Waals surface area contributed by atoms with Gasteiger partial charge in [0, 0.05) is 30.9 Å². The fourth-order valence-corrected chi connectivity index (χ4v) is 6.91. The van der Waals surface area contributed by atoms with E-state index in [1.165, 1.54) is 28.7 Å². The Kier molecular flexibility index (Phi) is 7.62. The SMILES string of the molecule is Cc1ccccc1N(C)c1cc2c(cc1N1C(=O)SC(=O)C1Cc1cccc(OC(F)(F)F)c1)C(C)(C)CCC2(C)C. The molecule has 42 heavy (non-hydrogen) atoms. The summed E-state index contributed by atoms with van der Waals surface area (Å²) in [6, 6.07) is 16.9. The predicted octanol–water partition coefficient (Wildman–Crippen LogP) is 8.82. The molecule has 0 aromatic heterocycles. The summed E-state index contributed by atoms with van der Waals surface area (Å²) in [6.07, 6.45) is -2.81. The molecule has 0 N–H and O–H groups in total. The van der Waals surface area contributed by atoms with Gasteiger partial charge in [0.2, 0.25) is 5.12 Å². The maximum Gasteiger partial charge on any atom is 0.573 e. The van der Waals surface area contributed by atoms with E-state index in [1.807, 2.05) is 38.2 Å². The van der Waals surface area contributed by atoms with Gasteiger partial charge in [0.05, 0.1) is 11.4 Å². The van der Waals surface area contributed by atoms with Gasteiger partial charge in [0.25, 0.3) is 5.24 Å². The molecule has 9 heteroatoms. The van der Waals surface area contributed by atoms with Crippen molar-refractivity contribution in [3.05, 3.63) is 82.9 Å². The molecule has 0 radical (unpaired) electrons. The van der Waals surface area contributed by atoms with Gasteiger partial charge in [-0.05, 0) is 83.2 Å². The lowest BCUT2D eigenvalue weighted by Crippen LogP contribution is -2.39. The minimum Gasteiger partial charge on any atom is -0.406 e. The molecule has 1 saturated heterocycles. The predicted molar refractivity (Wildman–Crippen MR) is 162 cm³/mol. The van der Waals surface area contributed by atoms with Gasteiger partial charge in [-0.25, -0.2) is 0 Å². The second kappa shape index (κ2) is 10.7. The van der Waals surface area contributed by atoms with Crippen LogP contribution in [0.3, 0.4) is 0 Å². The molecule has 222 valence electrons. The number of anilines is 3. The molecule has 1 amide bonds. The van der Waals surface area contributed by atoms with E-state index in [2.05, 4.69) is 49.5 Å². The van der Waals surface area contributed by atoms with Crippen LogP contribution in [0.15, 0.2) is 60.7 Å². The van der Waals surface area contributed by atoms with Crippen molar-refractivity contribution in [2.75, 3.05) is 16.8 Å². The van der Waals surface area contributed by atoms with Crippen LogP contribution in [0.4, 0.5) is 35.0 Å². The number of alkyl halides is 3. The van der Waals surface area contributed by atoms with E-state index in [-0.39, 0.29) is 28.1 Å². The number of amides is 1. The number of fused-ring (bicyclic) bond motifs is 1. The van der Waals surface area contributed by atoms with Crippen LogP contribution in [0.25, 0.3) is 0 Å². The highest BCUT2D eigenvalue weighted by Crippen LogP contribution is 2.51. The van der Waals surface area contributed by atoms with E-state index >= 15 is 0 Å². The molecule has 0 bridgehead atoms. The Hall–Kier alpha value is -3.46. The number of hydrogen-bond donors (Lipinski definition) is 0. The van der Waals surface area contributed by atoms with Crippen molar-refractivity contribution in [3.63, 3.8) is 0 Å². The molecule has 1 aliphatic carbocycles. The summed E-state index contributed by atoms with van der Waals surface area (Å²) >= 11 is 0.640. The van der Waals surface area contributed by atoms with Crippen molar-refractivity contribution in [2.45, 2.75) is 77.1 Å². The van der Waals surface area contributed by atoms with Crippen molar-refractivity contribution in [1.29, 1.82) is 0 Å². The van der Waals surface area contributed by atoms with Crippen LogP contribution in [0.2, 0.25) is 0 Å². The van der Waals surface area contributed by atoms with Crippen molar-refractivity contribution < 1.29 is 27.5 Å². The summed E-state index contributed by atoms with van der Waals surface area (Å²) in [5.41, 5.74) is 5.97. The third-order valence-corrected chi connectivity index (χ3v) is 9.42. The van der Waals surface area contributed by atoms with Crippen molar-refractivity contribution in [1.82, 2.24) is 0 Å². The number of thioether (sulfide) groups is 1. The zero-order chi connectivity index (χ0) is 30.6. The van der Waals surface area contributed by atoms with E-state index in [0.717, 1.165) is 35.3 Å². The molecule has 0 saturated carbocycles. The second-order valence-corrected chi connectivity index (χ2v) is 13.4. The molecule has 3 aromatic rings. The van der Waals surface area contributed by atoms with Crippen LogP contribution in [-0.2, 0) is 22.0 Å². The molecule has 1 unspecified atom stereocenters. The van der Waals surface area contributed by atoms with Gasteiger partial charge in [-0.1, -0.05) is 58.0 Å². The van der Waals surface area contributed by atoms with E-state index in [0.29, 0.717) is 23.0 Å². The number of aryl methyl sites for hydroxylation is 1. The van der Waals surface area contributed by atoms with Crippen molar-refractivity contribution in [2.24, 2.45) is 0 Å². The Morgan fingerprint density at radius 2 is 1.57 bits per heavy atom. The minimum atomic E-state index is -4.83. The Bertz CT molecular complexity index is 1550. The van der Waals surface area contributed by atoms with Gasteiger partial charge < -0.3 is 9.64 Å². The third kappa shape index (κ3) is 5.76. The largest absolute Gasteiger partial charge is 0.573 e. The summed E-state index contributed by atoms with van der Waals surface area (Å²) in [5, 5.41) is -0.746. The van der Waals surface area contributed by atoms with Crippen LogP contribution >= 0.6 is 11.8 Å². The highest BCUT2D eigenvalue weighted by Gasteiger charge is 2.44. The quantitative estimate of drug-likeness (QED) is 0.285. The molecule has 1 fully saturated rings. The van der Waals surface area contributed by atoms with Crippen molar-refractivity contribution >= 4 is 39.2 Å². The number of carbonyl (C=O) groups excluding carboxylic acids is 2. The van der Waals surface area contributed by atoms with Crippen LogP contribution in [-0.4, -0.2) is 29.8 Å². The zero-order valence-electron chi connectivity index (χ0n) is 24.6. The van der Waals surface area contributed by atoms with Crippen molar-refractivity contribution in [3.8, 4) is 5.75 Å². The van der Waals surface area contributed by atoms with Gasteiger partial charge in [-0.15, -0.1) is 13.2 Å². The smallest absolute Gasteiger partial charge is 0.406 e. The average Bonchev–Trinajstić information content (AvgIpc) is 3.17. The fourth-order valence-electron chi connectivity index (χ4n) is 6.09. The molecule has 3 aromatic carbocycles. The van der Waals surface area contributed by atoms with Crippen LogP contribution < -0.4 is 14.5 Å². The topological polar surface area (TPSA) is 49.9 Å². The van der Waals surface area contributed by atoms with Gasteiger partial charge >= 0.3 is 6.36 Å². The summed E-state index contributed by atoms with van der Waals surface area (Å²) in [5.74, 6) is -0.367. The van der Waals surface area contributed by atoms with Gasteiger partial charge in [-0.3, -0.25) is 14.5 Å². The molecule has 1 atom stereocenters. The van der Waals surface area contributed by atoms with Gasteiger partial charge in [0.15, 0.2) is 0 Å². The number of nitrogens with zero attached hydrogens (tertiary/aromatic N) is 2. The van der Waals surface area contributed by atoms with E-state index in [9.17, 15) is 22.8 Å². The third-order valence-electron chi connectivity index (χ3n) is 8.58. The van der Waals surface area contributed by atoms with Gasteiger partial charge in [0.1, 0.15) is 11.8 Å². The van der Waals surface area contributed by atoms with Crippen LogP contribution in [0, 0.1) is 6.92 Å². The Morgan fingerprint density at radius 1 is 0.929 bits per heavy atom. The molecule has 5 rings (SSSR count). The highest BCUT2D eigenvalue weighted by atomic mass is 32.2. The summed E-state index contributed by atoms with van der Waals surface area (Å²) in [6.45, 7) is 10.9. The summed E-state index contributed by atoms with van der Waals surface area (Å²) in [7, 11) is 1.96. The molecule has 1 heterocycles. The minimum absolute atomic E-state index is 0.0477. The van der Waals surface area contributed by atoms with E-state index in [1.54, 1.807) is 6.07 Å². The van der Waals surface area contributed by atoms with E-state index in [4.69, 9.17) is 0 Å². The highest BCUT2D eigenvalue weighted by molar-refractivity contribution is 8.27. The normalized spacial score (nSPS) is 19.5. The number of ether oxygens (including phenoxy) is 1. The lowest BCUT2D eigenvalue weighted by molar-refractivity contribution is -0.274. The average molecular weight is 597 g/mol. The molecular formula is C33H35F3N2O3S. The summed E-state index contributed by atoms with van der Waals surface area (Å²) in [4.78, 5) is 30.4. The van der Waals surface area contributed by atoms with Gasteiger partial charge in [-0.2, -0.15) is 0 Å². The molecule has 2 aliphatic rings. The Morgan fingerprint density at radius 3 is 2.21 bits per heavy atom. The lowest BCUT2D eigenvalue weighted by atomic mass is 9.63. The fraction of sp³-hybridized carbons (Fsp3) is 0.394. The Labute approximate surface area is 249 Å². The lowest BCUT2D eigenvalue weighted by Gasteiger charge is -2.43. The van der Waals surface area contributed by atoms with Crippen LogP contribution in [0.1, 0.15) is 62.8 Å². The first kappa shape index (κ1) is 30.0.